The second-order valence-corrected chi connectivity index (χ2v) is 3.02. The third kappa shape index (κ3) is 3.47. The Morgan fingerprint density at radius 3 is 2.57 bits per heavy atom. The van der Waals surface area contributed by atoms with E-state index in [0.717, 1.165) is 5.75 Å². The van der Waals surface area contributed by atoms with Gasteiger partial charge in [0.1, 0.15) is 11.9 Å². The number of esters is 1. The third-order valence-corrected chi connectivity index (χ3v) is 1.76. The molecule has 1 aromatic carbocycles. The topological polar surface area (TPSA) is 35.5 Å². The van der Waals surface area contributed by atoms with Crippen LogP contribution in [0.2, 0.25) is 0 Å². The molecule has 0 saturated heterocycles. The molecule has 0 aromatic heterocycles. The highest BCUT2D eigenvalue weighted by Crippen LogP contribution is 2.12. The molecule has 14 heavy (non-hydrogen) atoms. The lowest BCUT2D eigenvalue weighted by Gasteiger charge is -2.12. The number of ether oxygens (including phenoxy) is 2. The summed E-state index contributed by atoms with van der Waals surface area (Å²) in [5.41, 5.74) is 0. The fraction of sp³-hybridized carbons (Fsp3) is 0.364. The van der Waals surface area contributed by atoms with E-state index in [9.17, 15) is 4.79 Å². The molecule has 3 heteroatoms. The minimum Gasteiger partial charge on any atom is -0.490 e. The summed E-state index contributed by atoms with van der Waals surface area (Å²) in [5.74, 6) is 0.511. The van der Waals surface area contributed by atoms with E-state index in [4.69, 9.17) is 4.74 Å². The van der Waals surface area contributed by atoms with E-state index < -0.39 is 0 Å². The smallest absolute Gasteiger partial charge is 0.309 e. The highest BCUT2D eigenvalue weighted by Gasteiger charge is 2.09. The highest BCUT2D eigenvalue weighted by atomic mass is 16.5. The van der Waals surface area contributed by atoms with Gasteiger partial charge in [-0.3, -0.25) is 4.79 Å². The first-order valence-corrected chi connectivity index (χ1v) is 4.51. The predicted molar refractivity (Wildman–Crippen MR) is 53.2 cm³/mol. The van der Waals surface area contributed by atoms with Crippen LogP contribution in [0.15, 0.2) is 30.3 Å². The second kappa shape index (κ2) is 5.27. The Labute approximate surface area is 83.6 Å². The lowest BCUT2D eigenvalue weighted by molar-refractivity contribution is -0.142. The van der Waals surface area contributed by atoms with Gasteiger partial charge in [-0.1, -0.05) is 18.2 Å². The first-order chi connectivity index (χ1) is 6.72. The van der Waals surface area contributed by atoms with Crippen molar-refractivity contribution in [3.8, 4) is 5.75 Å². The van der Waals surface area contributed by atoms with Gasteiger partial charge in [0, 0.05) is 0 Å². The van der Waals surface area contributed by atoms with Gasteiger partial charge in [0.05, 0.1) is 13.5 Å². The normalized spacial score (nSPS) is 11.9. The number of carbonyl (C=O) groups is 1. The summed E-state index contributed by atoms with van der Waals surface area (Å²) >= 11 is 0. The van der Waals surface area contributed by atoms with E-state index in [1.165, 1.54) is 7.11 Å². The van der Waals surface area contributed by atoms with E-state index in [0.29, 0.717) is 0 Å². The molecule has 0 saturated carbocycles. The molecule has 0 unspecified atom stereocenters. The van der Waals surface area contributed by atoms with Crippen LogP contribution in [0, 0.1) is 0 Å². The summed E-state index contributed by atoms with van der Waals surface area (Å²) in [4.78, 5) is 10.9. The maximum absolute atomic E-state index is 10.9. The average molecular weight is 194 g/mol. The molecule has 1 rings (SSSR count). The van der Waals surface area contributed by atoms with Crippen molar-refractivity contribution in [3.63, 3.8) is 0 Å². The zero-order chi connectivity index (χ0) is 10.4. The Hall–Kier alpha value is -1.51. The van der Waals surface area contributed by atoms with Crippen LogP contribution in [0.3, 0.4) is 0 Å². The molecule has 3 nitrogen and oxygen atoms in total. The van der Waals surface area contributed by atoms with Gasteiger partial charge in [0.25, 0.3) is 0 Å². The fourth-order valence-corrected chi connectivity index (χ4v) is 1.09. The molecule has 0 bridgehead atoms. The van der Waals surface area contributed by atoms with Gasteiger partial charge in [-0.15, -0.1) is 0 Å². The number of rotatable bonds is 4. The van der Waals surface area contributed by atoms with Gasteiger partial charge in [0.15, 0.2) is 0 Å². The molecule has 0 aliphatic heterocycles. The van der Waals surface area contributed by atoms with Gasteiger partial charge in [-0.25, -0.2) is 0 Å². The molecule has 0 fully saturated rings. The molecule has 1 atom stereocenters. The van der Waals surface area contributed by atoms with Gasteiger partial charge >= 0.3 is 5.97 Å². The summed E-state index contributed by atoms with van der Waals surface area (Å²) in [5, 5.41) is 0. The summed E-state index contributed by atoms with van der Waals surface area (Å²) in [6, 6.07) is 9.40. The maximum atomic E-state index is 10.9. The van der Waals surface area contributed by atoms with Crippen LogP contribution in [0.5, 0.6) is 5.75 Å². The highest BCUT2D eigenvalue weighted by molar-refractivity contribution is 5.69. The first-order valence-electron chi connectivity index (χ1n) is 4.51. The number of carbonyl (C=O) groups excluding carboxylic acids is 1. The zero-order valence-corrected chi connectivity index (χ0v) is 8.40. The van der Waals surface area contributed by atoms with Crippen molar-refractivity contribution in [1.82, 2.24) is 0 Å². The van der Waals surface area contributed by atoms with Gasteiger partial charge in [-0.05, 0) is 19.1 Å². The average Bonchev–Trinajstić information content (AvgIpc) is 2.19. The van der Waals surface area contributed by atoms with E-state index in [1.807, 2.05) is 37.3 Å². The maximum Gasteiger partial charge on any atom is 0.309 e. The summed E-state index contributed by atoms with van der Waals surface area (Å²) in [6.07, 6.45) is 0.107. The minimum atomic E-state index is -0.256. The largest absolute Gasteiger partial charge is 0.490 e. The van der Waals surface area contributed by atoms with Crippen LogP contribution in [0.4, 0.5) is 0 Å². The molecule has 1 aromatic rings. The predicted octanol–water partition coefficient (Wildman–Crippen LogP) is 2.02. The molecule has 0 aliphatic rings. The van der Waals surface area contributed by atoms with Crippen LogP contribution in [-0.2, 0) is 9.53 Å². The van der Waals surface area contributed by atoms with Crippen LogP contribution in [0.1, 0.15) is 13.3 Å². The standard InChI is InChI=1S/C11H14O3/c1-9(8-11(12)13-2)14-10-6-4-3-5-7-10/h3-7,9H,8H2,1-2H3/t9-/m0/s1. The van der Waals surface area contributed by atoms with Crippen LogP contribution >= 0.6 is 0 Å². The molecule has 0 amide bonds. The van der Waals surface area contributed by atoms with Gasteiger partial charge in [0.2, 0.25) is 0 Å². The Kier molecular flexibility index (Phi) is 3.98. The van der Waals surface area contributed by atoms with Crippen LogP contribution in [-0.4, -0.2) is 19.2 Å². The van der Waals surface area contributed by atoms with Crippen molar-refractivity contribution >= 4 is 5.97 Å². The van der Waals surface area contributed by atoms with Crippen LogP contribution < -0.4 is 4.74 Å². The molecule has 0 heterocycles. The monoisotopic (exact) mass is 194 g/mol. The minimum absolute atomic E-state index is 0.162. The summed E-state index contributed by atoms with van der Waals surface area (Å²) in [6.45, 7) is 1.84. The summed E-state index contributed by atoms with van der Waals surface area (Å²) < 4.78 is 10.0. The lowest BCUT2D eigenvalue weighted by Crippen LogP contribution is -2.17. The van der Waals surface area contributed by atoms with Crippen molar-refractivity contribution in [2.75, 3.05) is 7.11 Å². The molecular formula is C11H14O3. The van der Waals surface area contributed by atoms with Crippen molar-refractivity contribution in [3.05, 3.63) is 30.3 Å². The Morgan fingerprint density at radius 2 is 2.00 bits per heavy atom. The van der Waals surface area contributed by atoms with Gasteiger partial charge < -0.3 is 9.47 Å². The summed E-state index contributed by atoms with van der Waals surface area (Å²) in [7, 11) is 1.37. The number of benzene rings is 1. The van der Waals surface area contributed by atoms with E-state index in [2.05, 4.69) is 4.74 Å². The quantitative estimate of drug-likeness (QED) is 0.688. The molecule has 0 spiro atoms. The number of methoxy groups -OCH3 is 1. The SMILES string of the molecule is COC(=O)C[C@H](C)Oc1ccccc1. The molecular weight excluding hydrogens is 180 g/mol. The van der Waals surface area contributed by atoms with E-state index in [-0.39, 0.29) is 18.5 Å². The van der Waals surface area contributed by atoms with Crippen LogP contribution in [0.25, 0.3) is 0 Å². The number of para-hydroxylation sites is 1. The Bertz CT molecular complexity index is 282. The second-order valence-electron chi connectivity index (χ2n) is 3.02. The Balaban J connectivity index is 2.41. The fourth-order valence-electron chi connectivity index (χ4n) is 1.09. The van der Waals surface area contributed by atoms with Crippen molar-refractivity contribution < 1.29 is 14.3 Å². The lowest BCUT2D eigenvalue weighted by atomic mass is 10.3. The number of hydrogen-bond donors (Lipinski definition) is 0. The Morgan fingerprint density at radius 1 is 1.36 bits per heavy atom. The van der Waals surface area contributed by atoms with Crippen molar-refractivity contribution in [2.45, 2.75) is 19.4 Å². The molecule has 0 radical (unpaired) electrons. The zero-order valence-electron chi connectivity index (χ0n) is 8.40. The molecule has 0 N–H and O–H groups in total. The molecule has 76 valence electrons. The third-order valence-electron chi connectivity index (χ3n) is 1.76. The van der Waals surface area contributed by atoms with E-state index >= 15 is 0 Å². The van der Waals surface area contributed by atoms with E-state index in [1.54, 1.807) is 0 Å². The van der Waals surface area contributed by atoms with Crippen molar-refractivity contribution in [1.29, 1.82) is 0 Å². The number of hydrogen-bond acceptors (Lipinski definition) is 3. The van der Waals surface area contributed by atoms with Crippen molar-refractivity contribution in [2.24, 2.45) is 0 Å². The molecule has 0 aliphatic carbocycles. The first kappa shape index (κ1) is 10.6. The van der Waals surface area contributed by atoms with Gasteiger partial charge in [-0.2, -0.15) is 0 Å².